The second-order valence-corrected chi connectivity index (χ2v) is 4.32. The predicted octanol–water partition coefficient (Wildman–Crippen LogP) is 2.18. The maximum atomic E-state index is 4.64. The number of rotatable bonds is 4. The zero-order chi connectivity index (χ0) is 13.1. The van der Waals surface area contributed by atoms with Crippen molar-refractivity contribution >= 4 is 5.82 Å². The summed E-state index contributed by atoms with van der Waals surface area (Å²) in [5.74, 6) is 2.63. The fourth-order valence-electron chi connectivity index (χ4n) is 1.95. The van der Waals surface area contributed by atoms with Gasteiger partial charge in [0.2, 0.25) is 0 Å². The molecule has 2 aromatic heterocycles. The number of nitrogens with one attached hydrogen (secondary N) is 1. The number of nitrogens with zero attached hydrogens (tertiary/aromatic N) is 4. The number of hydrogen-bond donors (Lipinski definition) is 1. The smallest absolute Gasteiger partial charge is 0.158 e. The minimum atomic E-state index is 0.866. The summed E-state index contributed by atoms with van der Waals surface area (Å²) in [4.78, 5) is 13.5. The minimum absolute atomic E-state index is 0.866. The summed E-state index contributed by atoms with van der Waals surface area (Å²) >= 11 is 0. The van der Waals surface area contributed by atoms with Crippen LogP contribution in [0.2, 0.25) is 0 Å². The molecule has 0 aliphatic carbocycles. The average Bonchev–Trinajstić information content (AvgIpc) is 2.78. The maximum absolute atomic E-state index is 4.64. The predicted molar refractivity (Wildman–Crippen MR) is 72.5 cm³/mol. The van der Waals surface area contributed by atoms with Crippen molar-refractivity contribution in [3.63, 3.8) is 0 Å². The van der Waals surface area contributed by atoms with E-state index < -0.39 is 0 Å². The Hall–Kier alpha value is -1.91. The molecule has 0 spiro atoms. The molecule has 0 atom stereocenters. The van der Waals surface area contributed by atoms with E-state index in [-0.39, 0.29) is 0 Å². The summed E-state index contributed by atoms with van der Waals surface area (Å²) in [6.07, 6.45) is 5.63. The highest BCUT2D eigenvalue weighted by Crippen LogP contribution is 2.24. The van der Waals surface area contributed by atoms with Crippen LogP contribution in [0.1, 0.15) is 24.7 Å². The first-order valence-electron chi connectivity index (χ1n) is 6.20. The summed E-state index contributed by atoms with van der Waals surface area (Å²) < 4.78 is 1.98. The van der Waals surface area contributed by atoms with Gasteiger partial charge in [-0.1, -0.05) is 6.92 Å². The lowest BCUT2D eigenvalue weighted by molar-refractivity contribution is 0.826. The Bertz CT molecular complexity index is 544. The van der Waals surface area contributed by atoms with Gasteiger partial charge in [-0.2, -0.15) is 0 Å². The monoisotopic (exact) mass is 245 g/mol. The van der Waals surface area contributed by atoms with Gasteiger partial charge in [0.05, 0.1) is 0 Å². The van der Waals surface area contributed by atoms with Gasteiger partial charge >= 0.3 is 0 Å². The van der Waals surface area contributed by atoms with Gasteiger partial charge in [0, 0.05) is 38.5 Å². The van der Waals surface area contributed by atoms with Gasteiger partial charge in [0.25, 0.3) is 0 Å². The molecule has 5 nitrogen and oxygen atoms in total. The third kappa shape index (κ3) is 2.20. The molecular weight excluding hydrogens is 226 g/mol. The molecule has 0 radical (unpaired) electrons. The third-order valence-electron chi connectivity index (χ3n) is 2.94. The molecule has 0 aliphatic heterocycles. The number of imidazole rings is 1. The Morgan fingerprint density at radius 1 is 1.33 bits per heavy atom. The molecule has 2 aromatic rings. The highest BCUT2D eigenvalue weighted by molar-refractivity contribution is 5.62. The normalized spacial score (nSPS) is 10.7. The Morgan fingerprint density at radius 2 is 2.11 bits per heavy atom. The first-order valence-corrected chi connectivity index (χ1v) is 6.20. The molecule has 0 saturated heterocycles. The molecular formula is C13H19N5. The lowest BCUT2D eigenvalue weighted by Crippen LogP contribution is -2.07. The fraction of sp³-hybridized carbons (Fsp3) is 0.462. The van der Waals surface area contributed by atoms with Gasteiger partial charge in [-0.05, 0) is 13.3 Å². The van der Waals surface area contributed by atoms with Crippen molar-refractivity contribution in [2.75, 3.05) is 12.4 Å². The average molecular weight is 245 g/mol. The van der Waals surface area contributed by atoms with E-state index in [4.69, 9.17) is 0 Å². The van der Waals surface area contributed by atoms with Gasteiger partial charge in [0.1, 0.15) is 17.3 Å². The maximum Gasteiger partial charge on any atom is 0.158 e. The van der Waals surface area contributed by atoms with Crippen molar-refractivity contribution in [3.8, 4) is 11.5 Å². The van der Waals surface area contributed by atoms with Crippen molar-refractivity contribution in [1.82, 2.24) is 19.5 Å². The summed E-state index contributed by atoms with van der Waals surface area (Å²) in [5.41, 5.74) is 1.94. The van der Waals surface area contributed by atoms with E-state index in [9.17, 15) is 0 Å². The zero-order valence-electron chi connectivity index (χ0n) is 11.4. The van der Waals surface area contributed by atoms with Crippen LogP contribution >= 0.6 is 0 Å². The summed E-state index contributed by atoms with van der Waals surface area (Å²) in [6.45, 7) is 4.15. The van der Waals surface area contributed by atoms with Crippen LogP contribution < -0.4 is 5.32 Å². The lowest BCUT2D eigenvalue weighted by Gasteiger charge is -2.11. The molecule has 0 aliphatic rings. The largest absolute Gasteiger partial charge is 0.373 e. The second-order valence-electron chi connectivity index (χ2n) is 4.32. The van der Waals surface area contributed by atoms with Gasteiger partial charge < -0.3 is 9.88 Å². The topological polar surface area (TPSA) is 55.6 Å². The standard InChI is InChI=1S/C13H19N5/c1-5-6-10-16-11(9(2)12(14-3)17-10)13-15-7-8-18(13)4/h7-8H,5-6H2,1-4H3,(H,14,16,17). The van der Waals surface area contributed by atoms with Crippen LogP contribution in [-0.2, 0) is 13.5 Å². The van der Waals surface area contributed by atoms with Gasteiger partial charge in [-0.3, -0.25) is 0 Å². The van der Waals surface area contributed by atoms with Gasteiger partial charge in [0.15, 0.2) is 5.82 Å². The van der Waals surface area contributed by atoms with E-state index in [1.165, 1.54) is 0 Å². The number of aromatic nitrogens is 4. The van der Waals surface area contributed by atoms with Crippen molar-refractivity contribution in [3.05, 3.63) is 23.8 Å². The Kier molecular flexibility index (Phi) is 3.60. The van der Waals surface area contributed by atoms with Crippen LogP contribution in [0.25, 0.3) is 11.5 Å². The molecule has 96 valence electrons. The van der Waals surface area contributed by atoms with Crippen molar-refractivity contribution in [1.29, 1.82) is 0 Å². The summed E-state index contributed by atoms with van der Waals surface area (Å²) in [7, 11) is 3.86. The molecule has 1 N–H and O–H groups in total. The Balaban J connectivity index is 2.58. The Labute approximate surface area is 107 Å². The van der Waals surface area contributed by atoms with E-state index in [2.05, 4.69) is 27.2 Å². The first-order chi connectivity index (χ1) is 8.67. The number of hydrogen-bond acceptors (Lipinski definition) is 4. The van der Waals surface area contributed by atoms with Gasteiger partial charge in [-0.25, -0.2) is 15.0 Å². The Morgan fingerprint density at radius 3 is 2.67 bits per heavy atom. The van der Waals surface area contributed by atoms with Crippen LogP contribution in [0.3, 0.4) is 0 Å². The van der Waals surface area contributed by atoms with Crippen LogP contribution in [0.5, 0.6) is 0 Å². The molecule has 0 aromatic carbocycles. The van der Waals surface area contributed by atoms with E-state index in [0.29, 0.717) is 0 Å². The molecule has 2 rings (SSSR count). The minimum Gasteiger partial charge on any atom is -0.373 e. The molecule has 0 amide bonds. The highest BCUT2D eigenvalue weighted by atomic mass is 15.1. The molecule has 18 heavy (non-hydrogen) atoms. The van der Waals surface area contributed by atoms with E-state index in [1.54, 1.807) is 6.20 Å². The van der Waals surface area contributed by atoms with Crippen molar-refractivity contribution in [2.24, 2.45) is 7.05 Å². The first kappa shape index (κ1) is 12.5. The third-order valence-corrected chi connectivity index (χ3v) is 2.94. The summed E-state index contributed by atoms with van der Waals surface area (Å²) in [6, 6.07) is 0. The molecule has 2 heterocycles. The van der Waals surface area contributed by atoms with Crippen LogP contribution in [-0.4, -0.2) is 26.6 Å². The molecule has 0 unspecified atom stereocenters. The van der Waals surface area contributed by atoms with Gasteiger partial charge in [-0.15, -0.1) is 0 Å². The second kappa shape index (κ2) is 5.16. The molecule has 0 saturated carbocycles. The molecule has 0 bridgehead atoms. The highest BCUT2D eigenvalue weighted by Gasteiger charge is 2.14. The lowest BCUT2D eigenvalue weighted by atomic mass is 10.2. The van der Waals surface area contributed by atoms with Crippen LogP contribution in [0, 0.1) is 6.92 Å². The SMILES string of the molecule is CCCc1nc(NC)c(C)c(-c2nccn2C)n1. The number of aryl methyl sites for hydroxylation is 2. The number of anilines is 1. The van der Waals surface area contributed by atoms with Crippen molar-refractivity contribution < 1.29 is 0 Å². The fourth-order valence-corrected chi connectivity index (χ4v) is 1.95. The van der Waals surface area contributed by atoms with E-state index in [1.807, 2.05) is 31.8 Å². The quantitative estimate of drug-likeness (QED) is 0.897. The van der Waals surface area contributed by atoms with Crippen molar-refractivity contribution in [2.45, 2.75) is 26.7 Å². The van der Waals surface area contributed by atoms with E-state index >= 15 is 0 Å². The molecule has 0 fully saturated rings. The zero-order valence-corrected chi connectivity index (χ0v) is 11.4. The van der Waals surface area contributed by atoms with Crippen LogP contribution in [0.15, 0.2) is 12.4 Å². The van der Waals surface area contributed by atoms with E-state index in [0.717, 1.165) is 41.6 Å². The summed E-state index contributed by atoms with van der Waals surface area (Å²) in [5, 5.41) is 3.13. The molecule has 5 heteroatoms. The van der Waals surface area contributed by atoms with Crippen LogP contribution in [0.4, 0.5) is 5.82 Å².